The lowest BCUT2D eigenvalue weighted by molar-refractivity contribution is -0.0359. The Morgan fingerprint density at radius 3 is 2.60 bits per heavy atom. The minimum atomic E-state index is -0.628. The van der Waals surface area contributed by atoms with Gasteiger partial charge in [-0.15, -0.1) is 0 Å². The maximum atomic E-state index is 12.2. The van der Waals surface area contributed by atoms with Crippen molar-refractivity contribution in [3.05, 3.63) is 47.1 Å². The van der Waals surface area contributed by atoms with Crippen LogP contribution < -0.4 is 25.0 Å². The topological polar surface area (TPSA) is 109 Å². The van der Waals surface area contributed by atoms with Crippen molar-refractivity contribution in [2.75, 3.05) is 67.9 Å². The first-order chi connectivity index (χ1) is 19.5. The van der Waals surface area contributed by atoms with Crippen molar-refractivity contribution < 1.29 is 38.1 Å². The molecule has 4 rings (SSSR count). The summed E-state index contributed by atoms with van der Waals surface area (Å²) < 4.78 is 33.5. The van der Waals surface area contributed by atoms with E-state index < -0.39 is 12.3 Å². The molecule has 40 heavy (non-hydrogen) atoms. The molecule has 0 spiro atoms. The summed E-state index contributed by atoms with van der Waals surface area (Å²) in [6.07, 6.45) is 8.28. The van der Waals surface area contributed by atoms with Crippen molar-refractivity contribution in [3.8, 4) is 17.2 Å². The number of hydrogen-bond donors (Lipinski definition) is 2. The van der Waals surface area contributed by atoms with Crippen molar-refractivity contribution >= 4 is 11.7 Å². The van der Waals surface area contributed by atoms with Gasteiger partial charge in [-0.3, -0.25) is 15.1 Å². The molecule has 1 saturated heterocycles. The van der Waals surface area contributed by atoms with Gasteiger partial charge in [0.15, 0.2) is 11.5 Å². The van der Waals surface area contributed by atoms with E-state index in [0.717, 1.165) is 48.2 Å². The summed E-state index contributed by atoms with van der Waals surface area (Å²) in [5.41, 5.74) is 6.45. The second-order valence-electron chi connectivity index (χ2n) is 9.68. The van der Waals surface area contributed by atoms with Gasteiger partial charge in [-0.05, 0) is 48.6 Å². The molecule has 0 aromatic heterocycles. The molecule has 3 atom stereocenters. The van der Waals surface area contributed by atoms with Crippen LogP contribution in [0.25, 0.3) is 5.57 Å². The Kier molecular flexibility index (Phi) is 10.8. The number of fused-ring (bicyclic) bond motifs is 3. The van der Waals surface area contributed by atoms with Gasteiger partial charge in [0, 0.05) is 38.3 Å². The second kappa shape index (κ2) is 14.5. The zero-order valence-corrected chi connectivity index (χ0v) is 24.0. The number of carbonyl (C=O) groups is 1. The Morgan fingerprint density at radius 2 is 1.90 bits per heavy atom. The summed E-state index contributed by atoms with van der Waals surface area (Å²) in [4.78, 5) is 20.0. The van der Waals surface area contributed by atoms with Crippen LogP contribution in [-0.4, -0.2) is 97.3 Å². The predicted molar refractivity (Wildman–Crippen MR) is 150 cm³/mol. The van der Waals surface area contributed by atoms with Gasteiger partial charge in [-0.25, -0.2) is 4.79 Å². The standard InChI is InChI=1S/C29H41N3O8/c1-19(40-31-29(33)39-16-13-32-11-14-38-15-12-32)30-24-10-9-20-17-25(35-3)27(36-4)28(37-5)26(20)22-8-6-7-21(34-2)18-23(22)24/h6-8,17-19,21,24,30H,9-16H2,1-5H3,(H,31,33)/t19?,21?,24-/m0/s1. The zero-order valence-electron chi connectivity index (χ0n) is 24.0. The van der Waals surface area contributed by atoms with E-state index in [-0.39, 0.29) is 18.8 Å². The van der Waals surface area contributed by atoms with Gasteiger partial charge in [0.1, 0.15) is 12.8 Å². The Morgan fingerprint density at radius 1 is 1.12 bits per heavy atom. The molecule has 2 N–H and O–H groups in total. The van der Waals surface area contributed by atoms with Crippen molar-refractivity contribution in [1.82, 2.24) is 15.7 Å². The molecule has 11 nitrogen and oxygen atoms in total. The van der Waals surface area contributed by atoms with Crippen LogP contribution in [0.2, 0.25) is 0 Å². The lowest BCUT2D eigenvalue weighted by Gasteiger charge is -2.27. The Balaban J connectivity index is 1.47. The molecule has 2 aliphatic carbocycles. The zero-order chi connectivity index (χ0) is 28.5. The highest BCUT2D eigenvalue weighted by Crippen LogP contribution is 2.49. The van der Waals surface area contributed by atoms with Crippen molar-refractivity contribution in [3.63, 3.8) is 0 Å². The van der Waals surface area contributed by atoms with E-state index in [0.29, 0.717) is 37.0 Å². The minimum Gasteiger partial charge on any atom is -0.493 e. The van der Waals surface area contributed by atoms with Gasteiger partial charge < -0.3 is 28.4 Å². The smallest absolute Gasteiger partial charge is 0.431 e. The maximum absolute atomic E-state index is 12.2. The Bertz CT molecular complexity index is 1110. The fourth-order valence-electron chi connectivity index (χ4n) is 5.26. The fourth-order valence-corrected chi connectivity index (χ4v) is 5.26. The van der Waals surface area contributed by atoms with Crippen LogP contribution in [-0.2, 0) is 25.5 Å². The highest BCUT2D eigenvalue weighted by Gasteiger charge is 2.32. The summed E-state index contributed by atoms with van der Waals surface area (Å²) >= 11 is 0. The van der Waals surface area contributed by atoms with Gasteiger partial charge in [0.2, 0.25) is 5.75 Å². The van der Waals surface area contributed by atoms with E-state index in [1.807, 2.05) is 25.1 Å². The third-order valence-corrected chi connectivity index (χ3v) is 7.25. The molecule has 220 valence electrons. The molecule has 0 bridgehead atoms. The van der Waals surface area contributed by atoms with Gasteiger partial charge in [-0.1, -0.05) is 18.2 Å². The van der Waals surface area contributed by atoms with Gasteiger partial charge in [-0.2, -0.15) is 5.48 Å². The molecule has 1 aromatic rings. The number of allylic oxidation sites excluding steroid dienone is 2. The van der Waals surface area contributed by atoms with E-state index in [9.17, 15) is 4.79 Å². The number of rotatable bonds is 11. The average Bonchev–Trinajstić information content (AvgIpc) is 3.27. The average molecular weight is 560 g/mol. The van der Waals surface area contributed by atoms with Crippen molar-refractivity contribution in [1.29, 1.82) is 0 Å². The van der Waals surface area contributed by atoms with Crippen molar-refractivity contribution in [2.45, 2.75) is 38.1 Å². The van der Waals surface area contributed by atoms with E-state index >= 15 is 0 Å². The number of ether oxygens (including phenoxy) is 6. The second-order valence-corrected chi connectivity index (χ2v) is 9.68. The molecular formula is C29H41N3O8. The number of nitrogens with zero attached hydrogens (tertiary/aromatic N) is 1. The van der Waals surface area contributed by atoms with Crippen LogP contribution in [0, 0.1) is 0 Å². The highest BCUT2D eigenvalue weighted by atomic mass is 16.7. The number of aryl methyl sites for hydroxylation is 1. The molecule has 11 heteroatoms. The van der Waals surface area contributed by atoms with E-state index in [1.165, 1.54) is 0 Å². The number of amides is 1. The SMILES string of the molecule is COc1cc2c(c(OC)c1OC)C1=CC=CC(OC)C=C1[C@@H](NC(C)ONC(=O)OCCN1CCOCC1)CC2. The number of benzene rings is 1. The molecule has 1 aliphatic heterocycles. The number of nitrogens with one attached hydrogen (secondary N) is 2. The van der Waals surface area contributed by atoms with Gasteiger partial charge in [0.25, 0.3) is 0 Å². The summed E-state index contributed by atoms with van der Waals surface area (Å²) in [5, 5.41) is 3.51. The minimum absolute atomic E-state index is 0.118. The number of hydrogen-bond acceptors (Lipinski definition) is 10. The number of methoxy groups -OCH3 is 4. The molecule has 2 unspecified atom stereocenters. The largest absolute Gasteiger partial charge is 0.493 e. The lowest BCUT2D eigenvalue weighted by Crippen LogP contribution is -2.44. The van der Waals surface area contributed by atoms with Crippen LogP contribution in [0.15, 0.2) is 35.9 Å². The van der Waals surface area contributed by atoms with E-state index in [2.05, 4.69) is 27.8 Å². The molecule has 3 aliphatic rings. The molecule has 0 radical (unpaired) electrons. The first-order valence-corrected chi connectivity index (χ1v) is 13.6. The first kappa shape index (κ1) is 29.9. The van der Waals surface area contributed by atoms with Crippen LogP contribution in [0.4, 0.5) is 4.79 Å². The van der Waals surface area contributed by atoms with Crippen LogP contribution >= 0.6 is 0 Å². The number of hydroxylamine groups is 1. The van der Waals surface area contributed by atoms with Crippen LogP contribution in [0.3, 0.4) is 0 Å². The molecule has 1 aromatic carbocycles. The molecular weight excluding hydrogens is 518 g/mol. The summed E-state index contributed by atoms with van der Waals surface area (Å²) in [7, 11) is 6.53. The van der Waals surface area contributed by atoms with Gasteiger partial charge >= 0.3 is 6.09 Å². The fraction of sp³-hybridized carbons (Fsp3) is 0.552. The summed E-state index contributed by atoms with van der Waals surface area (Å²) in [6, 6.07) is 1.89. The molecule has 1 fully saturated rings. The number of morpholine rings is 1. The molecule has 1 amide bonds. The summed E-state index contributed by atoms with van der Waals surface area (Å²) in [5.74, 6) is 1.77. The normalized spacial score (nSPS) is 21.5. The highest BCUT2D eigenvalue weighted by molar-refractivity contribution is 5.89. The third-order valence-electron chi connectivity index (χ3n) is 7.25. The van der Waals surface area contributed by atoms with Crippen LogP contribution in [0.1, 0.15) is 24.5 Å². The van der Waals surface area contributed by atoms with Crippen LogP contribution in [0.5, 0.6) is 17.2 Å². The summed E-state index contributed by atoms with van der Waals surface area (Å²) in [6.45, 7) is 5.85. The Hall–Kier alpha value is -3.09. The van der Waals surface area contributed by atoms with Crippen molar-refractivity contribution in [2.24, 2.45) is 0 Å². The quantitative estimate of drug-likeness (QED) is 0.310. The van der Waals surface area contributed by atoms with Gasteiger partial charge in [0.05, 0.1) is 40.6 Å². The Labute approximate surface area is 236 Å². The number of carbonyl (C=O) groups excluding carboxylic acids is 1. The maximum Gasteiger partial charge on any atom is 0.431 e. The monoisotopic (exact) mass is 559 g/mol. The predicted octanol–water partition coefficient (Wildman–Crippen LogP) is 2.85. The van der Waals surface area contributed by atoms with E-state index in [1.54, 1.807) is 28.4 Å². The van der Waals surface area contributed by atoms with E-state index in [4.69, 9.17) is 33.3 Å². The third kappa shape index (κ3) is 7.15. The molecule has 1 heterocycles. The first-order valence-electron chi connectivity index (χ1n) is 13.6. The molecule has 0 saturated carbocycles. The lowest BCUT2D eigenvalue weighted by atomic mass is 9.91.